The summed E-state index contributed by atoms with van der Waals surface area (Å²) in [5.41, 5.74) is 0.788. The van der Waals surface area contributed by atoms with Gasteiger partial charge in [-0.25, -0.2) is 0 Å². The molecule has 1 fully saturated rings. The molecule has 0 amide bonds. The van der Waals surface area contributed by atoms with E-state index < -0.39 is 0 Å². The second kappa shape index (κ2) is 8.56. The second-order valence-electron chi connectivity index (χ2n) is 5.56. The van der Waals surface area contributed by atoms with Crippen molar-refractivity contribution >= 4 is 34.6 Å². The first-order chi connectivity index (χ1) is 10.6. The number of halogens is 1. The molecule has 22 heavy (non-hydrogen) atoms. The van der Waals surface area contributed by atoms with E-state index in [1.165, 1.54) is 13.0 Å². The van der Waals surface area contributed by atoms with Gasteiger partial charge in [-0.15, -0.1) is 0 Å². The molecule has 0 radical (unpaired) electrons. The highest BCUT2D eigenvalue weighted by molar-refractivity contribution is 7.80. The summed E-state index contributed by atoms with van der Waals surface area (Å²) < 4.78 is 5.32. The summed E-state index contributed by atoms with van der Waals surface area (Å²) in [6.07, 6.45) is 3.45. The molecule has 2 N–H and O–H groups in total. The first-order valence-electron chi connectivity index (χ1n) is 7.75. The third kappa shape index (κ3) is 5.00. The predicted octanol–water partition coefficient (Wildman–Crippen LogP) is 3.51. The van der Waals surface area contributed by atoms with Crippen molar-refractivity contribution in [3.63, 3.8) is 0 Å². The summed E-state index contributed by atoms with van der Waals surface area (Å²) >= 11 is 11.4. The molecule has 1 aliphatic rings. The number of nitrogens with zero attached hydrogens (tertiary/aromatic N) is 1. The minimum atomic E-state index is 0.429. The normalized spacial score (nSPS) is 16.3. The maximum Gasteiger partial charge on any atom is 0.171 e. The minimum absolute atomic E-state index is 0.429. The standard InChI is InChI=1S/C16H24ClN3OS/c1-3-8-20-9-6-13(7-10-20)18-16(22)19-14-11-12(17)4-5-15(14)21-2/h4-5,11,13H,3,6-10H2,1-2H3,(H2,18,19,22). The van der Waals surface area contributed by atoms with E-state index in [4.69, 9.17) is 28.6 Å². The molecule has 0 atom stereocenters. The van der Waals surface area contributed by atoms with Crippen molar-refractivity contribution in [1.82, 2.24) is 10.2 Å². The third-order valence-electron chi connectivity index (χ3n) is 3.87. The zero-order valence-corrected chi connectivity index (χ0v) is 14.8. The fourth-order valence-corrected chi connectivity index (χ4v) is 3.19. The first kappa shape index (κ1) is 17.3. The maximum absolute atomic E-state index is 6.03. The Kier molecular flexibility index (Phi) is 6.73. The molecule has 0 spiro atoms. The van der Waals surface area contributed by atoms with Crippen LogP contribution in [0.2, 0.25) is 5.02 Å². The Morgan fingerprint density at radius 2 is 2.14 bits per heavy atom. The summed E-state index contributed by atoms with van der Waals surface area (Å²) in [4.78, 5) is 2.51. The zero-order chi connectivity index (χ0) is 15.9. The highest BCUT2D eigenvalue weighted by atomic mass is 35.5. The monoisotopic (exact) mass is 341 g/mol. The largest absolute Gasteiger partial charge is 0.495 e. The quantitative estimate of drug-likeness (QED) is 0.801. The molecule has 0 bridgehead atoms. The van der Waals surface area contributed by atoms with Crippen LogP contribution in [0.3, 0.4) is 0 Å². The van der Waals surface area contributed by atoms with E-state index in [-0.39, 0.29) is 0 Å². The van der Waals surface area contributed by atoms with Crippen molar-refractivity contribution in [2.45, 2.75) is 32.2 Å². The smallest absolute Gasteiger partial charge is 0.171 e. The van der Waals surface area contributed by atoms with Crippen molar-refractivity contribution in [2.75, 3.05) is 32.1 Å². The second-order valence-corrected chi connectivity index (χ2v) is 6.40. The Balaban J connectivity index is 1.85. The van der Waals surface area contributed by atoms with Gasteiger partial charge in [0.05, 0.1) is 12.8 Å². The number of ether oxygens (including phenoxy) is 1. The Morgan fingerprint density at radius 1 is 1.41 bits per heavy atom. The van der Waals surface area contributed by atoms with Gasteiger partial charge in [-0.05, 0) is 56.2 Å². The molecule has 1 aromatic rings. The Morgan fingerprint density at radius 3 is 2.77 bits per heavy atom. The zero-order valence-electron chi connectivity index (χ0n) is 13.2. The fraction of sp³-hybridized carbons (Fsp3) is 0.562. The lowest BCUT2D eigenvalue weighted by Gasteiger charge is -2.32. The molecule has 0 aliphatic carbocycles. The average molecular weight is 342 g/mol. The summed E-state index contributed by atoms with van der Waals surface area (Å²) in [5, 5.41) is 7.85. The van der Waals surface area contributed by atoms with Crippen LogP contribution in [-0.4, -0.2) is 42.8 Å². The molecule has 0 saturated carbocycles. The number of piperidine rings is 1. The number of hydrogen-bond acceptors (Lipinski definition) is 3. The minimum Gasteiger partial charge on any atom is -0.495 e. The van der Waals surface area contributed by atoms with Crippen LogP contribution in [0.25, 0.3) is 0 Å². The van der Waals surface area contributed by atoms with Crippen molar-refractivity contribution in [3.8, 4) is 5.75 Å². The molecule has 0 aromatic heterocycles. The van der Waals surface area contributed by atoms with Gasteiger partial charge in [0.15, 0.2) is 5.11 Å². The van der Waals surface area contributed by atoms with Crippen LogP contribution in [0.1, 0.15) is 26.2 Å². The number of likely N-dealkylation sites (tertiary alicyclic amines) is 1. The molecule has 122 valence electrons. The van der Waals surface area contributed by atoms with E-state index in [0.717, 1.165) is 37.4 Å². The van der Waals surface area contributed by atoms with Crippen LogP contribution in [-0.2, 0) is 0 Å². The molecular formula is C16H24ClN3OS. The van der Waals surface area contributed by atoms with E-state index in [9.17, 15) is 0 Å². The van der Waals surface area contributed by atoms with Crippen LogP contribution in [0.5, 0.6) is 5.75 Å². The lowest BCUT2D eigenvalue weighted by atomic mass is 10.1. The Bertz CT molecular complexity index is 504. The van der Waals surface area contributed by atoms with Gasteiger partial charge in [-0.1, -0.05) is 18.5 Å². The van der Waals surface area contributed by atoms with E-state index >= 15 is 0 Å². The summed E-state index contributed by atoms with van der Waals surface area (Å²) in [6.45, 7) is 5.68. The third-order valence-corrected chi connectivity index (χ3v) is 4.33. The number of hydrogen-bond donors (Lipinski definition) is 2. The topological polar surface area (TPSA) is 36.5 Å². The van der Waals surface area contributed by atoms with Crippen molar-refractivity contribution in [1.29, 1.82) is 0 Å². The van der Waals surface area contributed by atoms with E-state index in [1.54, 1.807) is 13.2 Å². The number of benzene rings is 1. The Labute approximate surface area is 143 Å². The fourth-order valence-electron chi connectivity index (χ4n) is 2.74. The summed E-state index contributed by atoms with van der Waals surface area (Å²) in [7, 11) is 1.63. The highest BCUT2D eigenvalue weighted by Gasteiger charge is 2.19. The van der Waals surface area contributed by atoms with Crippen molar-refractivity contribution in [2.24, 2.45) is 0 Å². The van der Waals surface area contributed by atoms with Crippen molar-refractivity contribution < 1.29 is 4.74 Å². The van der Waals surface area contributed by atoms with Gasteiger partial charge in [0.1, 0.15) is 5.75 Å². The van der Waals surface area contributed by atoms with Gasteiger partial charge >= 0.3 is 0 Å². The van der Waals surface area contributed by atoms with E-state index in [0.29, 0.717) is 16.2 Å². The van der Waals surface area contributed by atoms with Crippen LogP contribution >= 0.6 is 23.8 Å². The number of thiocarbonyl (C=S) groups is 1. The van der Waals surface area contributed by atoms with E-state index in [1.807, 2.05) is 12.1 Å². The van der Waals surface area contributed by atoms with Gasteiger partial charge in [-0.3, -0.25) is 0 Å². The lowest BCUT2D eigenvalue weighted by Crippen LogP contribution is -2.46. The van der Waals surface area contributed by atoms with Gasteiger partial charge < -0.3 is 20.3 Å². The molecule has 2 rings (SSSR count). The first-order valence-corrected chi connectivity index (χ1v) is 8.54. The molecular weight excluding hydrogens is 318 g/mol. The molecule has 0 unspecified atom stereocenters. The number of rotatable bonds is 5. The lowest BCUT2D eigenvalue weighted by molar-refractivity contribution is 0.207. The molecule has 1 saturated heterocycles. The molecule has 6 heteroatoms. The van der Waals surface area contributed by atoms with Gasteiger partial charge in [0.25, 0.3) is 0 Å². The SMILES string of the molecule is CCCN1CCC(NC(=S)Nc2cc(Cl)ccc2OC)CC1. The molecule has 1 aromatic carbocycles. The number of anilines is 1. The number of nitrogens with one attached hydrogen (secondary N) is 2. The van der Waals surface area contributed by atoms with Gasteiger partial charge in [-0.2, -0.15) is 0 Å². The predicted molar refractivity (Wildman–Crippen MR) is 97.1 cm³/mol. The van der Waals surface area contributed by atoms with Gasteiger partial charge in [0, 0.05) is 24.2 Å². The van der Waals surface area contributed by atoms with Crippen LogP contribution in [0.4, 0.5) is 5.69 Å². The van der Waals surface area contributed by atoms with Crippen LogP contribution < -0.4 is 15.4 Å². The van der Waals surface area contributed by atoms with Gasteiger partial charge in [0.2, 0.25) is 0 Å². The molecule has 1 heterocycles. The summed E-state index contributed by atoms with van der Waals surface area (Å²) in [6, 6.07) is 5.87. The maximum atomic E-state index is 6.03. The van der Waals surface area contributed by atoms with Crippen LogP contribution in [0, 0.1) is 0 Å². The average Bonchev–Trinajstić information content (AvgIpc) is 2.50. The van der Waals surface area contributed by atoms with Crippen LogP contribution in [0.15, 0.2) is 18.2 Å². The molecule has 1 aliphatic heterocycles. The van der Waals surface area contributed by atoms with Crippen molar-refractivity contribution in [3.05, 3.63) is 23.2 Å². The Hall–Kier alpha value is -1.04. The van der Waals surface area contributed by atoms with E-state index in [2.05, 4.69) is 22.5 Å². The number of methoxy groups -OCH3 is 1. The molecule has 4 nitrogen and oxygen atoms in total. The highest BCUT2D eigenvalue weighted by Crippen LogP contribution is 2.27. The summed E-state index contributed by atoms with van der Waals surface area (Å²) in [5.74, 6) is 0.728.